The molecule has 0 aliphatic heterocycles. The minimum Gasteiger partial charge on any atom is -0.444 e. The first-order chi connectivity index (χ1) is 14.1. The van der Waals surface area contributed by atoms with Gasteiger partial charge in [-0.15, -0.1) is 0 Å². The summed E-state index contributed by atoms with van der Waals surface area (Å²) in [6, 6.07) is 1.18. The topological polar surface area (TPSA) is 104 Å². The SMILES string of the molecule is CC(C)(C)OC(=O)N[C@H]1C=C(c2ccncc2[N+](=O)[O-])CC[C@@H]1O[Si](C)(C)C(C)(C)C. The fraction of sp³-hybridized carbons (Fsp3) is 0.636. The van der Waals surface area contributed by atoms with Crippen LogP contribution in [0.4, 0.5) is 10.5 Å². The van der Waals surface area contributed by atoms with E-state index in [1.54, 1.807) is 26.8 Å². The number of nitro groups is 1. The van der Waals surface area contributed by atoms with Gasteiger partial charge in [0.2, 0.25) is 0 Å². The molecule has 2 atom stereocenters. The van der Waals surface area contributed by atoms with Crippen molar-refractivity contribution in [3.63, 3.8) is 0 Å². The van der Waals surface area contributed by atoms with E-state index in [1.807, 2.05) is 6.08 Å². The number of ether oxygens (including phenoxy) is 1. The molecule has 0 saturated heterocycles. The first-order valence-electron chi connectivity index (χ1n) is 10.6. The molecule has 9 heteroatoms. The van der Waals surface area contributed by atoms with E-state index in [1.165, 1.54) is 12.4 Å². The number of carbonyl (C=O) groups excluding carboxylic acids is 1. The van der Waals surface area contributed by atoms with Crippen molar-refractivity contribution in [3.05, 3.63) is 40.2 Å². The van der Waals surface area contributed by atoms with Crippen LogP contribution in [-0.4, -0.2) is 42.1 Å². The summed E-state index contributed by atoms with van der Waals surface area (Å²) >= 11 is 0. The van der Waals surface area contributed by atoms with Crippen LogP contribution in [0, 0.1) is 10.1 Å². The minimum absolute atomic E-state index is 0.0113. The highest BCUT2D eigenvalue weighted by molar-refractivity contribution is 6.74. The molecule has 8 nitrogen and oxygen atoms in total. The number of aromatic nitrogens is 1. The molecule has 0 unspecified atom stereocenters. The number of nitrogens with one attached hydrogen (secondary N) is 1. The number of alkyl carbamates (subject to hydrolysis) is 1. The number of pyridine rings is 1. The normalized spacial score (nSPS) is 20.1. The Balaban J connectivity index is 2.39. The molecule has 1 heterocycles. The number of carbonyl (C=O) groups is 1. The van der Waals surface area contributed by atoms with Gasteiger partial charge < -0.3 is 14.5 Å². The Morgan fingerprint density at radius 1 is 1.26 bits per heavy atom. The van der Waals surface area contributed by atoms with E-state index in [0.717, 1.165) is 5.57 Å². The zero-order valence-corrected chi connectivity index (χ0v) is 20.8. The van der Waals surface area contributed by atoms with Crippen LogP contribution in [0.3, 0.4) is 0 Å². The summed E-state index contributed by atoms with van der Waals surface area (Å²) in [5, 5.41) is 14.4. The molecular weight excluding hydrogens is 414 g/mol. The van der Waals surface area contributed by atoms with Crippen molar-refractivity contribution >= 4 is 25.7 Å². The maximum Gasteiger partial charge on any atom is 0.408 e. The van der Waals surface area contributed by atoms with Crippen LogP contribution in [0.25, 0.3) is 5.57 Å². The lowest BCUT2D eigenvalue weighted by Crippen LogP contribution is -2.52. The number of hydrogen-bond donors (Lipinski definition) is 1. The lowest BCUT2D eigenvalue weighted by molar-refractivity contribution is -0.385. The number of rotatable bonds is 5. The lowest BCUT2D eigenvalue weighted by atomic mass is 9.89. The summed E-state index contributed by atoms with van der Waals surface area (Å²) < 4.78 is 12.1. The van der Waals surface area contributed by atoms with Gasteiger partial charge >= 0.3 is 6.09 Å². The maximum absolute atomic E-state index is 12.5. The second-order valence-electron chi connectivity index (χ2n) is 10.5. The molecule has 1 aromatic heterocycles. The van der Waals surface area contributed by atoms with Crippen LogP contribution in [-0.2, 0) is 9.16 Å². The molecule has 1 aliphatic carbocycles. The molecule has 1 N–H and O–H groups in total. The van der Waals surface area contributed by atoms with Crippen molar-refractivity contribution in [2.45, 2.75) is 90.3 Å². The van der Waals surface area contributed by atoms with Gasteiger partial charge in [0, 0.05) is 6.20 Å². The summed E-state index contributed by atoms with van der Waals surface area (Å²) in [6.45, 7) is 16.3. The van der Waals surface area contributed by atoms with Crippen LogP contribution >= 0.6 is 0 Å². The lowest BCUT2D eigenvalue weighted by Gasteiger charge is -2.42. The van der Waals surface area contributed by atoms with Gasteiger partial charge in [-0.3, -0.25) is 15.1 Å². The third-order valence-corrected chi connectivity index (χ3v) is 10.3. The summed E-state index contributed by atoms with van der Waals surface area (Å²) in [5.41, 5.74) is 0.630. The van der Waals surface area contributed by atoms with E-state index in [9.17, 15) is 14.9 Å². The van der Waals surface area contributed by atoms with E-state index < -0.39 is 31.0 Å². The molecule has 0 radical (unpaired) electrons. The molecule has 1 amide bonds. The predicted octanol–water partition coefficient (Wildman–Crippen LogP) is 5.45. The third kappa shape index (κ3) is 6.61. The molecule has 1 aromatic rings. The van der Waals surface area contributed by atoms with Crippen molar-refractivity contribution in [3.8, 4) is 0 Å². The zero-order valence-electron chi connectivity index (χ0n) is 19.8. The summed E-state index contributed by atoms with van der Waals surface area (Å²) in [6.07, 6.45) is 5.13. The Morgan fingerprint density at radius 3 is 2.45 bits per heavy atom. The van der Waals surface area contributed by atoms with Crippen molar-refractivity contribution in [1.82, 2.24) is 10.3 Å². The standard InChI is InChI=1S/C22H35N3O5Si/c1-21(2,3)29-20(26)24-17-13-15(16-11-12-23-14-18(16)25(27)28)9-10-19(17)30-31(7,8)22(4,5)6/h11-14,17,19H,9-10H2,1-8H3,(H,24,26)/t17-,19-/m0/s1. The van der Waals surface area contributed by atoms with Crippen molar-refractivity contribution in [2.24, 2.45) is 0 Å². The Kier molecular flexibility index (Phi) is 7.32. The number of nitrogens with zero attached hydrogens (tertiary/aromatic N) is 2. The minimum atomic E-state index is -2.10. The van der Waals surface area contributed by atoms with Crippen LogP contribution in [0.15, 0.2) is 24.5 Å². The molecule has 31 heavy (non-hydrogen) atoms. The molecule has 1 aliphatic rings. The zero-order chi connectivity index (χ0) is 23.6. The average molecular weight is 450 g/mol. The maximum atomic E-state index is 12.5. The largest absolute Gasteiger partial charge is 0.444 e. The Hall–Kier alpha value is -2.26. The van der Waals surface area contributed by atoms with E-state index >= 15 is 0 Å². The first kappa shape index (κ1) is 25.0. The van der Waals surface area contributed by atoms with Crippen molar-refractivity contribution in [1.29, 1.82) is 0 Å². The highest BCUT2D eigenvalue weighted by Gasteiger charge is 2.42. The smallest absolute Gasteiger partial charge is 0.408 e. The second kappa shape index (κ2) is 9.08. The van der Waals surface area contributed by atoms with Crippen LogP contribution in [0.1, 0.15) is 59.9 Å². The number of hydrogen-bond acceptors (Lipinski definition) is 6. The van der Waals surface area contributed by atoms with Gasteiger partial charge in [0.05, 0.1) is 22.6 Å². The van der Waals surface area contributed by atoms with Gasteiger partial charge in [0.15, 0.2) is 8.32 Å². The third-order valence-electron chi connectivity index (χ3n) is 5.76. The molecular formula is C22H35N3O5Si. The van der Waals surface area contributed by atoms with Crippen LogP contribution < -0.4 is 5.32 Å². The van der Waals surface area contributed by atoms with Gasteiger partial charge in [-0.05, 0) is 63.4 Å². The second-order valence-corrected chi connectivity index (χ2v) is 15.2. The van der Waals surface area contributed by atoms with Crippen molar-refractivity contribution in [2.75, 3.05) is 0 Å². The van der Waals surface area contributed by atoms with E-state index in [0.29, 0.717) is 18.4 Å². The Labute approximate surface area is 185 Å². The molecule has 0 bridgehead atoms. The van der Waals surface area contributed by atoms with E-state index in [-0.39, 0.29) is 16.8 Å². The first-order valence-corrected chi connectivity index (χ1v) is 13.5. The molecule has 0 saturated carbocycles. The quantitative estimate of drug-likeness (QED) is 0.364. The fourth-order valence-corrected chi connectivity index (χ4v) is 4.55. The van der Waals surface area contributed by atoms with Gasteiger partial charge in [-0.25, -0.2) is 4.79 Å². The van der Waals surface area contributed by atoms with Gasteiger partial charge in [0.25, 0.3) is 5.69 Å². The molecule has 0 fully saturated rings. The summed E-state index contributed by atoms with van der Waals surface area (Å²) in [5.74, 6) is 0. The summed E-state index contributed by atoms with van der Waals surface area (Å²) in [4.78, 5) is 27.4. The Bertz CT molecular complexity index is 855. The molecule has 0 spiro atoms. The number of allylic oxidation sites excluding steroid dienone is 1. The Morgan fingerprint density at radius 2 is 1.90 bits per heavy atom. The molecule has 2 rings (SSSR count). The van der Waals surface area contributed by atoms with Gasteiger partial charge in [0.1, 0.15) is 11.8 Å². The summed E-state index contributed by atoms with van der Waals surface area (Å²) in [7, 11) is -2.10. The monoisotopic (exact) mass is 449 g/mol. The predicted molar refractivity (Wildman–Crippen MR) is 123 cm³/mol. The highest BCUT2D eigenvalue weighted by atomic mass is 28.4. The van der Waals surface area contributed by atoms with Crippen LogP contribution in [0.2, 0.25) is 18.1 Å². The number of amides is 1. The van der Waals surface area contributed by atoms with Gasteiger partial charge in [-0.1, -0.05) is 26.8 Å². The van der Waals surface area contributed by atoms with Crippen molar-refractivity contribution < 1.29 is 18.9 Å². The fourth-order valence-electron chi connectivity index (χ4n) is 3.18. The highest BCUT2D eigenvalue weighted by Crippen LogP contribution is 2.40. The van der Waals surface area contributed by atoms with Crippen LogP contribution in [0.5, 0.6) is 0 Å². The molecule has 0 aromatic carbocycles. The molecule has 172 valence electrons. The average Bonchev–Trinajstić information content (AvgIpc) is 2.60. The van der Waals surface area contributed by atoms with Gasteiger partial charge in [-0.2, -0.15) is 0 Å². The van der Waals surface area contributed by atoms with E-state index in [2.05, 4.69) is 44.2 Å². The van der Waals surface area contributed by atoms with E-state index in [4.69, 9.17) is 9.16 Å².